The molecule has 0 bridgehead atoms. The highest BCUT2D eigenvalue weighted by Crippen LogP contribution is 2.11. The topological polar surface area (TPSA) is 60.4 Å². The van der Waals surface area contributed by atoms with Gasteiger partial charge in [-0.05, 0) is 6.92 Å². The molecule has 5 heteroatoms. The van der Waals surface area contributed by atoms with E-state index in [1.165, 1.54) is 0 Å². The average Bonchev–Trinajstić information content (AvgIpc) is 1.97. The van der Waals surface area contributed by atoms with Crippen LogP contribution in [-0.4, -0.2) is 38.4 Å². The third kappa shape index (κ3) is 2.28. The number of hydrogen-bond donors (Lipinski definition) is 0. The molecule has 1 atom stereocenters. The Bertz CT molecular complexity index is 267. The molecule has 0 radical (unpaired) electrons. The van der Waals surface area contributed by atoms with E-state index in [4.69, 9.17) is 4.74 Å². The molecule has 1 aliphatic rings. The van der Waals surface area contributed by atoms with Crippen LogP contribution in [0.2, 0.25) is 0 Å². The largest absolute Gasteiger partial charge is 0.370 e. The minimum atomic E-state index is -3.03. The Balaban J connectivity index is 2.66. The summed E-state index contributed by atoms with van der Waals surface area (Å²) in [5, 5.41) is 0. The molecular weight excluding hydrogens is 180 g/mol. The van der Waals surface area contributed by atoms with Crippen LogP contribution in [0.1, 0.15) is 13.3 Å². The molecule has 0 spiro atoms. The van der Waals surface area contributed by atoms with Crippen molar-refractivity contribution in [2.45, 2.75) is 19.4 Å². The predicted molar refractivity (Wildman–Crippen MR) is 43.7 cm³/mol. The molecule has 1 fully saturated rings. The van der Waals surface area contributed by atoms with Gasteiger partial charge in [-0.3, -0.25) is 4.79 Å². The molecule has 0 aromatic heterocycles. The molecule has 0 N–H and O–H groups in total. The number of ether oxygens (including phenoxy) is 1. The second-order valence-corrected chi connectivity index (χ2v) is 5.00. The van der Waals surface area contributed by atoms with E-state index < -0.39 is 15.9 Å². The normalized spacial score (nSPS) is 28.8. The Hall–Kier alpha value is -0.420. The number of ketones is 1. The van der Waals surface area contributed by atoms with Gasteiger partial charge < -0.3 is 4.74 Å². The summed E-state index contributed by atoms with van der Waals surface area (Å²) in [5.41, 5.74) is 0. The van der Waals surface area contributed by atoms with Gasteiger partial charge in [0.1, 0.15) is 6.10 Å². The molecule has 1 heterocycles. The van der Waals surface area contributed by atoms with Gasteiger partial charge in [-0.1, -0.05) is 0 Å². The van der Waals surface area contributed by atoms with Crippen LogP contribution in [0, 0.1) is 0 Å². The number of hydrogen-bond acceptors (Lipinski definition) is 4. The maximum atomic E-state index is 11.1. The van der Waals surface area contributed by atoms with E-state index >= 15 is 0 Å². The van der Waals surface area contributed by atoms with E-state index in [2.05, 4.69) is 0 Å². The quantitative estimate of drug-likeness (QED) is 0.607. The number of sulfone groups is 1. The summed E-state index contributed by atoms with van der Waals surface area (Å²) >= 11 is 0. The smallest absolute Gasteiger partial charge is 0.163 e. The lowest BCUT2D eigenvalue weighted by molar-refractivity contribution is -0.129. The number of Topliss-reactive ketones (excluding diaryl/α,β-unsaturated/α-hetero) is 1. The minimum Gasteiger partial charge on any atom is -0.370 e. The summed E-state index contributed by atoms with van der Waals surface area (Å²) in [7, 11) is -3.03. The van der Waals surface area contributed by atoms with Crippen molar-refractivity contribution in [1.29, 1.82) is 0 Å². The first-order valence-corrected chi connectivity index (χ1v) is 5.72. The molecule has 0 aromatic rings. The molecule has 0 unspecified atom stereocenters. The first kappa shape index (κ1) is 9.67. The van der Waals surface area contributed by atoms with E-state index in [1.54, 1.807) is 6.92 Å². The third-order valence-electron chi connectivity index (χ3n) is 1.79. The Labute approximate surface area is 71.8 Å². The maximum Gasteiger partial charge on any atom is 0.163 e. The lowest BCUT2D eigenvalue weighted by Gasteiger charge is -2.20. The Morgan fingerprint density at radius 2 is 2.25 bits per heavy atom. The average molecular weight is 192 g/mol. The van der Waals surface area contributed by atoms with Crippen molar-refractivity contribution in [3.05, 3.63) is 0 Å². The second-order valence-electron chi connectivity index (χ2n) is 2.77. The molecule has 1 saturated heterocycles. The standard InChI is InChI=1S/C7H12O4S/c1-2-11-7-5-12(9,10)4-3-6(7)8/h7H,2-5H2,1H3/t7-/m0/s1. The fraction of sp³-hybridized carbons (Fsp3) is 0.857. The van der Waals surface area contributed by atoms with Crippen LogP contribution in [0.3, 0.4) is 0 Å². The molecule has 1 aliphatic heterocycles. The van der Waals surface area contributed by atoms with Crippen LogP contribution in [0.4, 0.5) is 0 Å². The zero-order valence-corrected chi connectivity index (χ0v) is 7.76. The van der Waals surface area contributed by atoms with Crippen molar-refractivity contribution in [1.82, 2.24) is 0 Å². The van der Waals surface area contributed by atoms with E-state index in [0.29, 0.717) is 6.61 Å². The monoisotopic (exact) mass is 192 g/mol. The summed E-state index contributed by atoms with van der Waals surface area (Å²) in [5.74, 6) is -0.249. The van der Waals surface area contributed by atoms with Crippen LogP contribution in [-0.2, 0) is 19.4 Å². The summed E-state index contributed by atoms with van der Waals surface area (Å²) in [6.45, 7) is 2.13. The Morgan fingerprint density at radius 1 is 1.58 bits per heavy atom. The van der Waals surface area contributed by atoms with Crippen molar-refractivity contribution in [2.75, 3.05) is 18.1 Å². The van der Waals surface area contributed by atoms with Gasteiger partial charge >= 0.3 is 0 Å². The molecule has 0 saturated carbocycles. The molecular formula is C7H12O4S. The van der Waals surface area contributed by atoms with Gasteiger partial charge in [0.25, 0.3) is 0 Å². The van der Waals surface area contributed by atoms with Crippen LogP contribution in [0.5, 0.6) is 0 Å². The van der Waals surface area contributed by atoms with Crippen LogP contribution in [0.25, 0.3) is 0 Å². The van der Waals surface area contributed by atoms with Gasteiger partial charge in [0.05, 0.1) is 11.5 Å². The molecule has 1 rings (SSSR count). The van der Waals surface area contributed by atoms with Gasteiger partial charge in [0, 0.05) is 13.0 Å². The molecule has 4 nitrogen and oxygen atoms in total. The van der Waals surface area contributed by atoms with Crippen molar-refractivity contribution in [2.24, 2.45) is 0 Å². The fourth-order valence-electron chi connectivity index (χ4n) is 1.17. The van der Waals surface area contributed by atoms with Crippen LogP contribution in [0.15, 0.2) is 0 Å². The lowest BCUT2D eigenvalue weighted by atomic mass is 10.2. The van der Waals surface area contributed by atoms with E-state index in [0.717, 1.165) is 0 Å². The maximum absolute atomic E-state index is 11.1. The van der Waals surface area contributed by atoms with E-state index in [1.807, 2.05) is 0 Å². The van der Waals surface area contributed by atoms with Crippen molar-refractivity contribution >= 4 is 15.6 Å². The zero-order chi connectivity index (χ0) is 9.19. The molecule has 0 aromatic carbocycles. The highest BCUT2D eigenvalue weighted by molar-refractivity contribution is 7.91. The second kappa shape index (κ2) is 3.53. The molecule has 12 heavy (non-hydrogen) atoms. The van der Waals surface area contributed by atoms with E-state index in [-0.39, 0.29) is 23.7 Å². The minimum absolute atomic E-state index is 0.0184. The first-order chi connectivity index (χ1) is 5.55. The van der Waals surface area contributed by atoms with Gasteiger partial charge in [-0.2, -0.15) is 0 Å². The van der Waals surface area contributed by atoms with Crippen LogP contribution >= 0.6 is 0 Å². The Morgan fingerprint density at radius 3 is 2.83 bits per heavy atom. The number of carbonyl (C=O) groups is 1. The lowest BCUT2D eigenvalue weighted by Crippen LogP contribution is -2.39. The number of rotatable bonds is 2. The van der Waals surface area contributed by atoms with Gasteiger partial charge in [0.2, 0.25) is 0 Å². The highest BCUT2D eigenvalue weighted by atomic mass is 32.2. The van der Waals surface area contributed by atoms with E-state index in [9.17, 15) is 13.2 Å². The molecule has 0 aliphatic carbocycles. The van der Waals surface area contributed by atoms with Gasteiger partial charge in [-0.25, -0.2) is 8.42 Å². The summed E-state index contributed by atoms with van der Waals surface area (Å²) < 4.78 is 27.1. The predicted octanol–water partition coefficient (Wildman–Crippen LogP) is -0.221. The Kier molecular flexibility index (Phi) is 2.85. The van der Waals surface area contributed by atoms with Crippen molar-refractivity contribution in [3.8, 4) is 0 Å². The van der Waals surface area contributed by atoms with Crippen LogP contribution < -0.4 is 0 Å². The molecule has 0 amide bonds. The summed E-state index contributed by atoms with van der Waals surface area (Å²) in [4.78, 5) is 11.1. The van der Waals surface area contributed by atoms with Crippen molar-refractivity contribution < 1.29 is 17.9 Å². The van der Waals surface area contributed by atoms with Gasteiger partial charge in [-0.15, -0.1) is 0 Å². The SMILES string of the molecule is CCO[C@H]1CS(=O)(=O)CCC1=O. The third-order valence-corrected chi connectivity index (χ3v) is 3.43. The summed E-state index contributed by atoms with van der Waals surface area (Å²) in [6, 6.07) is 0. The fourth-order valence-corrected chi connectivity index (χ4v) is 2.59. The molecule has 70 valence electrons. The highest BCUT2D eigenvalue weighted by Gasteiger charge is 2.31. The zero-order valence-electron chi connectivity index (χ0n) is 6.95. The first-order valence-electron chi connectivity index (χ1n) is 3.90. The van der Waals surface area contributed by atoms with Gasteiger partial charge in [0.15, 0.2) is 15.6 Å². The van der Waals surface area contributed by atoms with Crippen molar-refractivity contribution in [3.63, 3.8) is 0 Å². The summed E-state index contributed by atoms with van der Waals surface area (Å²) in [6.07, 6.45) is -0.610. The number of carbonyl (C=O) groups excluding carboxylic acids is 1.